The number of benzene rings is 1. The Hall–Kier alpha value is -2.40. The molecule has 2 heterocycles. The Morgan fingerprint density at radius 3 is 3.08 bits per heavy atom. The molecule has 2 atom stereocenters. The molecule has 25 heavy (non-hydrogen) atoms. The minimum Gasteiger partial charge on any atom is -0.490 e. The summed E-state index contributed by atoms with van der Waals surface area (Å²) in [5.74, 6) is 0.976. The standard InChI is InChI=1S/C20H24N4O/c1-14-18-13-23-24-19(18)8-9-20(14)25-17-7-4-6-15(11-17)22-12-16-5-2-3-10-21-16/h2-3,5,8-10,13,15,17,22H,4,6-7,11-12H2,1H3,(H,23,24)/t15-,17+/m1/s1. The van der Waals surface area contributed by atoms with Crippen molar-refractivity contribution < 1.29 is 4.74 Å². The van der Waals surface area contributed by atoms with Crippen LogP contribution in [0.5, 0.6) is 5.75 Å². The topological polar surface area (TPSA) is 62.8 Å². The molecule has 4 rings (SSSR count). The third-order valence-corrected chi connectivity index (χ3v) is 5.06. The highest BCUT2D eigenvalue weighted by Gasteiger charge is 2.23. The van der Waals surface area contributed by atoms with Gasteiger partial charge in [0.05, 0.1) is 17.4 Å². The number of aromatic nitrogens is 3. The van der Waals surface area contributed by atoms with Gasteiger partial charge in [0.25, 0.3) is 0 Å². The lowest BCUT2D eigenvalue weighted by Gasteiger charge is -2.30. The van der Waals surface area contributed by atoms with Crippen LogP contribution >= 0.6 is 0 Å². The van der Waals surface area contributed by atoms with Crippen LogP contribution in [0.4, 0.5) is 0 Å². The Kier molecular flexibility index (Phi) is 4.65. The van der Waals surface area contributed by atoms with Crippen LogP contribution in [0.2, 0.25) is 0 Å². The van der Waals surface area contributed by atoms with Gasteiger partial charge < -0.3 is 10.1 Å². The number of nitrogens with zero attached hydrogens (tertiary/aromatic N) is 2. The maximum atomic E-state index is 6.35. The van der Waals surface area contributed by atoms with E-state index in [1.54, 1.807) is 0 Å². The molecule has 0 amide bonds. The van der Waals surface area contributed by atoms with Gasteiger partial charge in [0.2, 0.25) is 0 Å². The van der Waals surface area contributed by atoms with Crippen LogP contribution in [0.15, 0.2) is 42.7 Å². The van der Waals surface area contributed by atoms with Gasteiger partial charge in [-0.05, 0) is 56.9 Å². The summed E-state index contributed by atoms with van der Waals surface area (Å²) in [7, 11) is 0. The van der Waals surface area contributed by atoms with E-state index in [9.17, 15) is 0 Å². The van der Waals surface area contributed by atoms with Crippen molar-refractivity contribution in [2.24, 2.45) is 0 Å². The minimum absolute atomic E-state index is 0.262. The highest BCUT2D eigenvalue weighted by Crippen LogP contribution is 2.30. The summed E-state index contributed by atoms with van der Waals surface area (Å²) in [4.78, 5) is 4.38. The number of nitrogens with one attached hydrogen (secondary N) is 2. The molecule has 1 aliphatic rings. The molecule has 3 aromatic rings. The van der Waals surface area contributed by atoms with Crippen LogP contribution in [-0.4, -0.2) is 27.3 Å². The Balaban J connectivity index is 1.38. The molecule has 5 heteroatoms. The van der Waals surface area contributed by atoms with Gasteiger partial charge in [0.1, 0.15) is 11.9 Å². The summed E-state index contributed by atoms with van der Waals surface area (Å²) in [6, 6.07) is 10.6. The van der Waals surface area contributed by atoms with Crippen LogP contribution in [-0.2, 0) is 6.54 Å². The van der Waals surface area contributed by atoms with Crippen LogP contribution in [0.3, 0.4) is 0 Å². The van der Waals surface area contributed by atoms with Crippen molar-refractivity contribution in [2.45, 2.75) is 51.3 Å². The summed E-state index contributed by atoms with van der Waals surface area (Å²) >= 11 is 0. The number of H-pyrrole nitrogens is 1. The molecule has 2 aromatic heterocycles. The van der Waals surface area contributed by atoms with Crippen molar-refractivity contribution in [1.82, 2.24) is 20.5 Å². The van der Waals surface area contributed by atoms with E-state index >= 15 is 0 Å². The van der Waals surface area contributed by atoms with Gasteiger partial charge in [-0.3, -0.25) is 10.1 Å². The highest BCUT2D eigenvalue weighted by molar-refractivity contribution is 5.83. The normalized spacial score (nSPS) is 20.7. The third-order valence-electron chi connectivity index (χ3n) is 5.06. The largest absolute Gasteiger partial charge is 0.490 e. The molecule has 0 spiro atoms. The Labute approximate surface area is 147 Å². The zero-order valence-electron chi connectivity index (χ0n) is 14.5. The lowest BCUT2D eigenvalue weighted by Crippen LogP contribution is -2.38. The third kappa shape index (κ3) is 3.66. The summed E-state index contributed by atoms with van der Waals surface area (Å²) in [6.45, 7) is 2.92. The monoisotopic (exact) mass is 336 g/mol. The smallest absolute Gasteiger partial charge is 0.123 e. The van der Waals surface area contributed by atoms with E-state index in [0.717, 1.165) is 47.3 Å². The number of aromatic amines is 1. The second kappa shape index (κ2) is 7.23. The second-order valence-electron chi connectivity index (χ2n) is 6.83. The molecule has 2 N–H and O–H groups in total. The van der Waals surface area contributed by atoms with Gasteiger partial charge in [0, 0.05) is 29.7 Å². The van der Waals surface area contributed by atoms with E-state index in [1.807, 2.05) is 30.6 Å². The number of hydrogen-bond acceptors (Lipinski definition) is 4. The summed E-state index contributed by atoms with van der Waals surface area (Å²) in [6.07, 6.45) is 8.52. The van der Waals surface area contributed by atoms with Crippen LogP contribution in [0.25, 0.3) is 10.9 Å². The van der Waals surface area contributed by atoms with Crippen molar-refractivity contribution in [2.75, 3.05) is 0 Å². The number of rotatable bonds is 5. The van der Waals surface area contributed by atoms with E-state index in [2.05, 4.69) is 39.6 Å². The van der Waals surface area contributed by atoms with Gasteiger partial charge in [-0.25, -0.2) is 0 Å². The van der Waals surface area contributed by atoms with E-state index in [1.165, 1.54) is 12.8 Å². The van der Waals surface area contributed by atoms with Crippen LogP contribution in [0.1, 0.15) is 36.9 Å². The first-order valence-electron chi connectivity index (χ1n) is 9.02. The van der Waals surface area contributed by atoms with Crippen molar-refractivity contribution in [3.63, 3.8) is 0 Å². The number of aryl methyl sites for hydroxylation is 1. The zero-order chi connectivity index (χ0) is 17.1. The lowest BCUT2D eigenvalue weighted by molar-refractivity contribution is 0.133. The average molecular weight is 336 g/mol. The van der Waals surface area contributed by atoms with Gasteiger partial charge in [0.15, 0.2) is 0 Å². The molecule has 0 saturated heterocycles. The maximum absolute atomic E-state index is 6.35. The first kappa shape index (κ1) is 16.1. The molecule has 1 fully saturated rings. The van der Waals surface area contributed by atoms with Crippen molar-refractivity contribution in [3.8, 4) is 5.75 Å². The van der Waals surface area contributed by atoms with E-state index in [-0.39, 0.29) is 6.10 Å². The molecule has 130 valence electrons. The molecule has 0 aliphatic heterocycles. The fourth-order valence-electron chi connectivity index (χ4n) is 3.63. The van der Waals surface area contributed by atoms with Crippen LogP contribution < -0.4 is 10.1 Å². The number of fused-ring (bicyclic) bond motifs is 1. The predicted octanol–water partition coefficient (Wildman–Crippen LogP) is 3.75. The number of ether oxygens (including phenoxy) is 1. The van der Waals surface area contributed by atoms with E-state index in [0.29, 0.717) is 6.04 Å². The molecule has 0 radical (unpaired) electrons. The lowest BCUT2D eigenvalue weighted by atomic mass is 9.92. The summed E-state index contributed by atoms with van der Waals surface area (Å²) in [5, 5.41) is 11.9. The second-order valence-corrected chi connectivity index (χ2v) is 6.83. The Morgan fingerprint density at radius 2 is 2.20 bits per heavy atom. The van der Waals surface area contributed by atoms with Crippen molar-refractivity contribution in [3.05, 3.63) is 54.0 Å². The van der Waals surface area contributed by atoms with Gasteiger partial charge in [-0.1, -0.05) is 6.07 Å². The Morgan fingerprint density at radius 1 is 1.24 bits per heavy atom. The molecule has 1 saturated carbocycles. The van der Waals surface area contributed by atoms with Gasteiger partial charge in [-0.2, -0.15) is 5.10 Å². The highest BCUT2D eigenvalue weighted by atomic mass is 16.5. The van der Waals surface area contributed by atoms with Crippen molar-refractivity contribution in [1.29, 1.82) is 0 Å². The van der Waals surface area contributed by atoms with Crippen molar-refractivity contribution >= 4 is 10.9 Å². The maximum Gasteiger partial charge on any atom is 0.123 e. The molecular weight excluding hydrogens is 312 g/mol. The first-order valence-corrected chi connectivity index (χ1v) is 9.02. The number of hydrogen-bond donors (Lipinski definition) is 2. The van der Waals surface area contributed by atoms with Crippen LogP contribution in [0, 0.1) is 6.92 Å². The molecule has 0 unspecified atom stereocenters. The predicted molar refractivity (Wildman–Crippen MR) is 98.6 cm³/mol. The molecular formula is C20H24N4O. The zero-order valence-corrected chi connectivity index (χ0v) is 14.5. The van der Waals surface area contributed by atoms with Gasteiger partial charge in [-0.15, -0.1) is 0 Å². The summed E-state index contributed by atoms with van der Waals surface area (Å²) < 4.78 is 6.35. The molecule has 1 aliphatic carbocycles. The fourth-order valence-corrected chi connectivity index (χ4v) is 3.63. The summed E-state index contributed by atoms with van der Waals surface area (Å²) in [5.41, 5.74) is 3.31. The first-order chi connectivity index (χ1) is 12.3. The minimum atomic E-state index is 0.262. The molecule has 0 bridgehead atoms. The quantitative estimate of drug-likeness (QED) is 0.745. The fraction of sp³-hybridized carbons (Fsp3) is 0.400. The van der Waals surface area contributed by atoms with E-state index < -0.39 is 0 Å². The molecule has 5 nitrogen and oxygen atoms in total. The SMILES string of the molecule is Cc1c(O[C@H]2CCC[C@@H](NCc3ccccn3)C2)ccc2[nH]ncc12. The number of pyridine rings is 1. The molecule has 1 aromatic carbocycles. The van der Waals surface area contributed by atoms with E-state index in [4.69, 9.17) is 4.74 Å². The Bertz CT molecular complexity index is 830. The average Bonchev–Trinajstić information content (AvgIpc) is 3.13. The van der Waals surface area contributed by atoms with Gasteiger partial charge >= 0.3 is 0 Å².